The first-order valence-electron chi connectivity index (χ1n) is 4.97. The topological polar surface area (TPSA) is 72.0 Å². The zero-order valence-electron chi connectivity index (χ0n) is 8.92. The number of hydrogen-bond acceptors (Lipinski definition) is 5. The molecule has 96 valence electrons. The van der Waals surface area contributed by atoms with Crippen molar-refractivity contribution in [3.63, 3.8) is 0 Å². The van der Waals surface area contributed by atoms with Crippen LogP contribution in [0.3, 0.4) is 0 Å². The molecule has 18 heavy (non-hydrogen) atoms. The lowest BCUT2D eigenvalue weighted by atomic mass is 10.2. The minimum Gasteiger partial charge on any atom is -0.387 e. The molecule has 0 saturated carbocycles. The van der Waals surface area contributed by atoms with Crippen LogP contribution >= 0.6 is 15.9 Å². The van der Waals surface area contributed by atoms with Crippen LogP contribution in [-0.4, -0.2) is 32.8 Å². The Morgan fingerprint density at radius 1 is 1.39 bits per heavy atom. The third-order valence-corrected chi connectivity index (χ3v) is 2.57. The fraction of sp³-hybridized carbons (Fsp3) is 0.300. The Labute approximate surface area is 109 Å². The number of halogens is 3. The summed E-state index contributed by atoms with van der Waals surface area (Å²) in [5.74, 6) is 0.140. The van der Waals surface area contributed by atoms with Crippen molar-refractivity contribution >= 4 is 15.9 Å². The largest absolute Gasteiger partial charge is 0.387 e. The second kappa shape index (κ2) is 5.49. The van der Waals surface area contributed by atoms with E-state index in [4.69, 9.17) is 9.63 Å². The average Bonchev–Trinajstić information content (AvgIpc) is 2.78. The highest BCUT2D eigenvalue weighted by Gasteiger charge is 2.21. The molecule has 2 rings (SSSR count). The third kappa shape index (κ3) is 3.08. The lowest BCUT2D eigenvalue weighted by Gasteiger charge is -2.04. The highest BCUT2D eigenvalue weighted by Crippen LogP contribution is 2.17. The molecular weight excluding hydrogens is 312 g/mol. The van der Waals surface area contributed by atoms with E-state index in [2.05, 4.69) is 31.1 Å². The summed E-state index contributed by atoms with van der Waals surface area (Å²) in [6.45, 7) is 0. The lowest BCUT2D eigenvalue weighted by Crippen LogP contribution is -2.20. The first kappa shape index (κ1) is 13.0. The summed E-state index contributed by atoms with van der Waals surface area (Å²) in [5.41, 5.74) is 0.458. The van der Waals surface area contributed by atoms with Gasteiger partial charge in [-0.1, -0.05) is 5.16 Å². The molecule has 8 heteroatoms. The highest BCUT2D eigenvalue weighted by atomic mass is 79.9. The van der Waals surface area contributed by atoms with Gasteiger partial charge in [-0.25, -0.2) is 8.78 Å². The van der Waals surface area contributed by atoms with Crippen LogP contribution in [0.2, 0.25) is 0 Å². The molecule has 0 radical (unpaired) electrons. The smallest absolute Gasteiger partial charge is 0.264 e. The lowest BCUT2D eigenvalue weighted by molar-refractivity contribution is -0.00754. The monoisotopic (exact) mass is 319 g/mol. The van der Waals surface area contributed by atoms with Gasteiger partial charge in [0, 0.05) is 10.7 Å². The first-order valence-corrected chi connectivity index (χ1v) is 5.76. The predicted molar refractivity (Wildman–Crippen MR) is 60.9 cm³/mol. The Kier molecular flexibility index (Phi) is 3.97. The van der Waals surface area contributed by atoms with Crippen molar-refractivity contribution in [2.75, 3.05) is 0 Å². The maximum absolute atomic E-state index is 12.1. The SMILES string of the molecule is OC(Cc1nc(-c2ccc(Br)cn2)no1)C(F)F. The van der Waals surface area contributed by atoms with Crippen molar-refractivity contribution in [2.24, 2.45) is 0 Å². The highest BCUT2D eigenvalue weighted by molar-refractivity contribution is 9.10. The molecule has 0 aliphatic carbocycles. The van der Waals surface area contributed by atoms with Gasteiger partial charge >= 0.3 is 0 Å². The molecule has 1 N–H and O–H groups in total. The quantitative estimate of drug-likeness (QED) is 0.934. The van der Waals surface area contributed by atoms with Gasteiger partial charge in [0.15, 0.2) is 0 Å². The van der Waals surface area contributed by atoms with Crippen molar-refractivity contribution in [1.82, 2.24) is 15.1 Å². The Hall–Kier alpha value is -1.41. The molecule has 0 fully saturated rings. The second-order valence-corrected chi connectivity index (χ2v) is 4.39. The van der Waals surface area contributed by atoms with E-state index in [9.17, 15) is 8.78 Å². The van der Waals surface area contributed by atoms with Crippen molar-refractivity contribution in [1.29, 1.82) is 0 Å². The summed E-state index contributed by atoms with van der Waals surface area (Å²) in [6, 6.07) is 3.40. The van der Waals surface area contributed by atoms with Crippen LogP contribution < -0.4 is 0 Å². The van der Waals surface area contributed by atoms with Crippen molar-refractivity contribution in [3.05, 3.63) is 28.7 Å². The molecule has 0 aromatic carbocycles. The van der Waals surface area contributed by atoms with Gasteiger partial charge < -0.3 is 9.63 Å². The molecule has 1 unspecified atom stereocenters. The standard InChI is InChI=1S/C10H8BrF2N3O2/c11-5-1-2-6(14-4-5)10-15-8(18-16-10)3-7(17)9(12)13/h1-2,4,7,9,17H,3H2. The minimum atomic E-state index is -2.84. The van der Waals surface area contributed by atoms with Gasteiger partial charge in [-0.05, 0) is 28.1 Å². The van der Waals surface area contributed by atoms with E-state index in [1.807, 2.05) is 0 Å². The molecule has 0 spiro atoms. The van der Waals surface area contributed by atoms with Gasteiger partial charge in [0.2, 0.25) is 11.7 Å². The Balaban J connectivity index is 2.13. The van der Waals surface area contributed by atoms with Crippen LogP contribution in [0.25, 0.3) is 11.5 Å². The number of alkyl halides is 2. The third-order valence-electron chi connectivity index (χ3n) is 2.10. The fourth-order valence-electron chi connectivity index (χ4n) is 1.22. The molecule has 0 aliphatic heterocycles. The first-order chi connectivity index (χ1) is 8.56. The number of pyridine rings is 1. The average molecular weight is 320 g/mol. The van der Waals surface area contributed by atoms with E-state index in [0.717, 1.165) is 4.47 Å². The van der Waals surface area contributed by atoms with Crippen molar-refractivity contribution in [3.8, 4) is 11.5 Å². The minimum absolute atomic E-state index is 0.0532. The maximum Gasteiger partial charge on any atom is 0.264 e. The summed E-state index contributed by atoms with van der Waals surface area (Å²) in [6.07, 6.45) is -3.48. The molecule has 2 aromatic rings. The summed E-state index contributed by atoms with van der Waals surface area (Å²) in [4.78, 5) is 7.92. The normalized spacial score (nSPS) is 12.9. The Morgan fingerprint density at radius 2 is 2.17 bits per heavy atom. The van der Waals surface area contributed by atoms with Crippen molar-refractivity contribution in [2.45, 2.75) is 19.0 Å². The predicted octanol–water partition coefficient (Wildman–Crippen LogP) is 2.06. The molecule has 2 aromatic heterocycles. The molecular formula is C10H8BrF2N3O2. The number of aliphatic hydroxyl groups is 1. The number of aliphatic hydroxyl groups excluding tert-OH is 1. The van der Waals surface area contributed by atoms with Crippen LogP contribution in [0.4, 0.5) is 8.78 Å². The van der Waals surface area contributed by atoms with Gasteiger partial charge in [0.05, 0.1) is 6.42 Å². The zero-order chi connectivity index (χ0) is 13.1. The summed E-state index contributed by atoms with van der Waals surface area (Å²) >= 11 is 3.23. The van der Waals surface area contributed by atoms with Crippen LogP contribution in [0, 0.1) is 0 Å². The van der Waals surface area contributed by atoms with E-state index in [1.54, 1.807) is 18.3 Å². The Morgan fingerprint density at radius 3 is 2.78 bits per heavy atom. The summed E-state index contributed by atoms with van der Waals surface area (Å²) in [7, 11) is 0. The van der Waals surface area contributed by atoms with Crippen LogP contribution in [0.5, 0.6) is 0 Å². The molecule has 0 bridgehead atoms. The van der Waals surface area contributed by atoms with Gasteiger partial charge in [0.1, 0.15) is 11.8 Å². The number of hydrogen-bond donors (Lipinski definition) is 1. The fourth-order valence-corrected chi connectivity index (χ4v) is 1.45. The van der Waals surface area contributed by atoms with E-state index in [-0.39, 0.29) is 18.1 Å². The molecule has 0 saturated heterocycles. The molecule has 5 nitrogen and oxygen atoms in total. The van der Waals surface area contributed by atoms with E-state index >= 15 is 0 Å². The molecule has 2 heterocycles. The van der Waals surface area contributed by atoms with Crippen LogP contribution in [0.15, 0.2) is 27.3 Å². The van der Waals surface area contributed by atoms with E-state index in [0.29, 0.717) is 5.69 Å². The maximum atomic E-state index is 12.1. The van der Waals surface area contributed by atoms with E-state index < -0.39 is 12.5 Å². The van der Waals surface area contributed by atoms with Gasteiger partial charge in [-0.2, -0.15) is 4.98 Å². The van der Waals surface area contributed by atoms with Crippen LogP contribution in [-0.2, 0) is 6.42 Å². The van der Waals surface area contributed by atoms with Crippen LogP contribution in [0.1, 0.15) is 5.89 Å². The van der Waals surface area contributed by atoms with E-state index in [1.165, 1.54) is 0 Å². The number of aromatic nitrogens is 3. The van der Waals surface area contributed by atoms with Gasteiger partial charge in [0.25, 0.3) is 6.43 Å². The number of rotatable bonds is 4. The van der Waals surface area contributed by atoms with Gasteiger partial charge in [-0.3, -0.25) is 4.98 Å². The Bertz CT molecular complexity index is 518. The molecule has 0 aliphatic rings. The number of nitrogens with zero attached hydrogens (tertiary/aromatic N) is 3. The van der Waals surface area contributed by atoms with Crippen molar-refractivity contribution < 1.29 is 18.4 Å². The second-order valence-electron chi connectivity index (χ2n) is 3.48. The summed E-state index contributed by atoms with van der Waals surface area (Å²) < 4.78 is 29.8. The molecule has 0 amide bonds. The molecule has 1 atom stereocenters. The van der Waals surface area contributed by atoms with Gasteiger partial charge in [-0.15, -0.1) is 0 Å². The summed E-state index contributed by atoms with van der Waals surface area (Å²) in [5, 5.41) is 12.6. The zero-order valence-corrected chi connectivity index (χ0v) is 10.5.